The molecule has 1 amide bonds. The Labute approximate surface area is 153 Å². The van der Waals surface area contributed by atoms with E-state index in [1.165, 1.54) is 6.26 Å². The van der Waals surface area contributed by atoms with Crippen LogP contribution in [0.1, 0.15) is 21.7 Å². The van der Waals surface area contributed by atoms with Crippen LogP contribution in [0.2, 0.25) is 0 Å². The van der Waals surface area contributed by atoms with Crippen LogP contribution in [0.3, 0.4) is 0 Å². The number of nitrogens with one attached hydrogen (secondary N) is 2. The molecule has 0 aliphatic carbocycles. The SMILES string of the molecule is N#Cc1ccc(NCc2ccc(NC(=O)c3ccco3)cc2)c(Br)c1. The van der Waals surface area contributed by atoms with Crippen molar-refractivity contribution >= 4 is 33.2 Å². The van der Waals surface area contributed by atoms with Gasteiger partial charge in [-0.25, -0.2) is 0 Å². The Morgan fingerprint density at radius 2 is 1.96 bits per heavy atom. The smallest absolute Gasteiger partial charge is 0.291 e. The molecule has 0 fully saturated rings. The quantitative estimate of drug-likeness (QED) is 0.651. The van der Waals surface area contributed by atoms with E-state index in [1.54, 1.807) is 24.3 Å². The number of nitrogens with zero attached hydrogens (tertiary/aromatic N) is 1. The third-order valence-corrected chi connectivity index (χ3v) is 4.19. The zero-order valence-electron chi connectivity index (χ0n) is 13.1. The molecule has 1 aromatic heterocycles. The molecule has 3 rings (SSSR count). The molecule has 124 valence electrons. The van der Waals surface area contributed by atoms with Crippen molar-refractivity contribution in [1.29, 1.82) is 5.26 Å². The second-order valence-electron chi connectivity index (χ2n) is 5.29. The van der Waals surface area contributed by atoms with Crippen molar-refractivity contribution in [2.45, 2.75) is 6.54 Å². The monoisotopic (exact) mass is 395 g/mol. The highest BCUT2D eigenvalue weighted by Gasteiger charge is 2.08. The van der Waals surface area contributed by atoms with Gasteiger partial charge in [0.25, 0.3) is 5.91 Å². The Morgan fingerprint density at radius 3 is 2.60 bits per heavy atom. The van der Waals surface area contributed by atoms with Gasteiger partial charge >= 0.3 is 0 Å². The predicted octanol–water partition coefficient (Wildman–Crippen LogP) is 4.78. The first-order chi connectivity index (χ1) is 12.2. The number of rotatable bonds is 5. The minimum absolute atomic E-state index is 0.274. The number of carbonyl (C=O) groups is 1. The van der Waals surface area contributed by atoms with Crippen molar-refractivity contribution < 1.29 is 9.21 Å². The second-order valence-corrected chi connectivity index (χ2v) is 6.14. The highest BCUT2D eigenvalue weighted by atomic mass is 79.9. The highest BCUT2D eigenvalue weighted by molar-refractivity contribution is 9.10. The maximum Gasteiger partial charge on any atom is 0.291 e. The standard InChI is InChI=1S/C19H14BrN3O2/c20-16-10-14(11-21)5-8-17(16)22-12-13-3-6-15(7-4-13)23-19(24)18-2-1-9-25-18/h1-10,22H,12H2,(H,23,24). The number of benzene rings is 2. The average Bonchev–Trinajstić information content (AvgIpc) is 3.16. The summed E-state index contributed by atoms with van der Waals surface area (Å²) in [6.07, 6.45) is 1.46. The van der Waals surface area contributed by atoms with Crippen molar-refractivity contribution in [3.63, 3.8) is 0 Å². The van der Waals surface area contributed by atoms with Gasteiger partial charge in [0.05, 0.1) is 17.9 Å². The molecule has 0 radical (unpaired) electrons. The van der Waals surface area contributed by atoms with Gasteiger partial charge in [0.2, 0.25) is 0 Å². The van der Waals surface area contributed by atoms with Crippen molar-refractivity contribution in [3.05, 3.63) is 82.2 Å². The lowest BCUT2D eigenvalue weighted by atomic mass is 10.2. The summed E-state index contributed by atoms with van der Waals surface area (Å²) >= 11 is 3.45. The molecular formula is C19H14BrN3O2. The van der Waals surface area contributed by atoms with Gasteiger partial charge in [-0.15, -0.1) is 0 Å². The summed E-state index contributed by atoms with van der Waals surface area (Å²) in [5, 5.41) is 15.0. The second kappa shape index (κ2) is 7.69. The van der Waals surface area contributed by atoms with E-state index in [4.69, 9.17) is 9.68 Å². The number of hydrogen-bond acceptors (Lipinski definition) is 4. The lowest BCUT2D eigenvalue weighted by Gasteiger charge is -2.10. The zero-order valence-corrected chi connectivity index (χ0v) is 14.7. The number of amides is 1. The third-order valence-electron chi connectivity index (χ3n) is 3.54. The molecule has 2 N–H and O–H groups in total. The van der Waals surface area contributed by atoms with E-state index in [0.717, 1.165) is 15.7 Å². The maximum absolute atomic E-state index is 11.9. The van der Waals surface area contributed by atoms with E-state index in [9.17, 15) is 4.79 Å². The molecule has 0 spiro atoms. The zero-order chi connectivity index (χ0) is 17.6. The van der Waals surface area contributed by atoms with E-state index in [2.05, 4.69) is 32.6 Å². The van der Waals surface area contributed by atoms with Crippen LogP contribution >= 0.6 is 15.9 Å². The summed E-state index contributed by atoms with van der Waals surface area (Å²) in [4.78, 5) is 11.9. The van der Waals surface area contributed by atoms with Crippen LogP contribution in [0, 0.1) is 11.3 Å². The fourth-order valence-corrected chi connectivity index (χ4v) is 2.75. The number of halogens is 1. The summed E-state index contributed by atoms with van der Waals surface area (Å²) in [5.74, 6) is -0.00574. The van der Waals surface area contributed by atoms with Gasteiger partial charge in [0.15, 0.2) is 5.76 Å². The van der Waals surface area contributed by atoms with Crippen LogP contribution in [0.25, 0.3) is 0 Å². The summed E-state index contributed by atoms with van der Waals surface area (Å²) in [6.45, 7) is 0.622. The van der Waals surface area contributed by atoms with E-state index >= 15 is 0 Å². The van der Waals surface area contributed by atoms with Gasteiger partial charge < -0.3 is 15.1 Å². The molecule has 0 saturated carbocycles. The van der Waals surface area contributed by atoms with Crippen molar-refractivity contribution in [2.24, 2.45) is 0 Å². The van der Waals surface area contributed by atoms with E-state index in [1.807, 2.05) is 30.3 Å². The Hall–Kier alpha value is -3.04. The van der Waals surface area contributed by atoms with Crippen LogP contribution in [0.5, 0.6) is 0 Å². The third kappa shape index (κ3) is 4.28. The van der Waals surface area contributed by atoms with E-state index in [0.29, 0.717) is 17.8 Å². The summed E-state index contributed by atoms with van der Waals surface area (Å²) in [7, 11) is 0. The minimum Gasteiger partial charge on any atom is -0.459 e. The fourth-order valence-electron chi connectivity index (χ4n) is 2.23. The van der Waals surface area contributed by atoms with Crippen molar-refractivity contribution in [3.8, 4) is 6.07 Å². The van der Waals surface area contributed by atoms with Gasteiger partial charge in [-0.05, 0) is 64.0 Å². The highest BCUT2D eigenvalue weighted by Crippen LogP contribution is 2.24. The van der Waals surface area contributed by atoms with Crippen LogP contribution in [0.4, 0.5) is 11.4 Å². The molecule has 1 heterocycles. The van der Waals surface area contributed by atoms with Crippen LogP contribution in [-0.2, 0) is 6.54 Å². The summed E-state index contributed by atoms with van der Waals surface area (Å²) < 4.78 is 5.90. The normalized spacial score (nSPS) is 10.1. The van der Waals surface area contributed by atoms with Gasteiger partial charge in [-0.2, -0.15) is 5.26 Å². The molecule has 0 aliphatic rings. The lowest BCUT2D eigenvalue weighted by molar-refractivity contribution is 0.0996. The lowest BCUT2D eigenvalue weighted by Crippen LogP contribution is -2.10. The molecule has 5 nitrogen and oxygen atoms in total. The van der Waals surface area contributed by atoms with Crippen molar-refractivity contribution in [1.82, 2.24) is 0 Å². The van der Waals surface area contributed by atoms with Crippen LogP contribution in [0.15, 0.2) is 69.8 Å². The first kappa shape index (κ1) is 16.8. The van der Waals surface area contributed by atoms with Crippen molar-refractivity contribution in [2.75, 3.05) is 10.6 Å². The molecule has 0 atom stereocenters. The van der Waals surface area contributed by atoms with Crippen LogP contribution < -0.4 is 10.6 Å². The molecule has 6 heteroatoms. The van der Waals surface area contributed by atoms with Gasteiger partial charge in [-0.1, -0.05) is 12.1 Å². The molecule has 0 bridgehead atoms. The number of carbonyl (C=O) groups excluding carboxylic acids is 1. The Morgan fingerprint density at radius 1 is 1.16 bits per heavy atom. The molecule has 2 aromatic carbocycles. The average molecular weight is 396 g/mol. The Bertz CT molecular complexity index is 913. The molecule has 25 heavy (non-hydrogen) atoms. The first-order valence-corrected chi connectivity index (χ1v) is 8.32. The number of anilines is 2. The molecular weight excluding hydrogens is 382 g/mol. The molecule has 0 unspecified atom stereocenters. The molecule has 0 saturated heterocycles. The Balaban J connectivity index is 1.59. The van der Waals surface area contributed by atoms with Gasteiger partial charge in [-0.3, -0.25) is 4.79 Å². The number of hydrogen-bond donors (Lipinski definition) is 2. The maximum atomic E-state index is 11.9. The largest absolute Gasteiger partial charge is 0.459 e. The van der Waals surface area contributed by atoms with Crippen LogP contribution in [-0.4, -0.2) is 5.91 Å². The number of furan rings is 1. The topological polar surface area (TPSA) is 78.1 Å². The van der Waals surface area contributed by atoms with E-state index in [-0.39, 0.29) is 11.7 Å². The number of nitriles is 1. The summed E-state index contributed by atoms with van der Waals surface area (Å²) in [5.41, 5.74) is 3.28. The van der Waals surface area contributed by atoms with E-state index < -0.39 is 0 Å². The fraction of sp³-hybridized carbons (Fsp3) is 0.0526. The first-order valence-electron chi connectivity index (χ1n) is 7.53. The molecule has 3 aromatic rings. The minimum atomic E-state index is -0.280. The predicted molar refractivity (Wildman–Crippen MR) is 99.3 cm³/mol. The Kier molecular flexibility index (Phi) is 5.17. The molecule has 0 aliphatic heterocycles. The van der Waals surface area contributed by atoms with Gasteiger partial charge in [0.1, 0.15) is 0 Å². The van der Waals surface area contributed by atoms with Gasteiger partial charge in [0, 0.05) is 22.4 Å². The summed E-state index contributed by atoms with van der Waals surface area (Å²) in [6, 6.07) is 18.3.